The van der Waals surface area contributed by atoms with Gasteiger partial charge in [0.05, 0.1) is 11.4 Å². The van der Waals surface area contributed by atoms with Gasteiger partial charge in [-0.2, -0.15) is 0 Å². The number of aromatic nitrogens is 2. The molecule has 0 unspecified atom stereocenters. The Labute approximate surface area is 212 Å². The maximum atomic E-state index is 13.6. The van der Waals surface area contributed by atoms with E-state index in [-0.39, 0.29) is 10.8 Å². The summed E-state index contributed by atoms with van der Waals surface area (Å²) in [5.41, 5.74) is 1.95. The summed E-state index contributed by atoms with van der Waals surface area (Å²) in [6, 6.07) is 0. The second-order valence-corrected chi connectivity index (χ2v) is 13.9. The molecule has 2 fully saturated rings. The van der Waals surface area contributed by atoms with E-state index in [1.54, 1.807) is 16.2 Å². The van der Waals surface area contributed by atoms with E-state index in [1.807, 2.05) is 34.9 Å². The molecule has 9 heteroatoms. The van der Waals surface area contributed by atoms with Gasteiger partial charge in [0.1, 0.15) is 0 Å². The normalized spacial score (nSPS) is 18.4. The quantitative estimate of drug-likeness (QED) is 0.463. The molecule has 2 saturated carbocycles. The lowest BCUT2D eigenvalue weighted by Gasteiger charge is -2.32. The second kappa shape index (κ2) is 8.84. The van der Waals surface area contributed by atoms with Crippen molar-refractivity contribution in [1.82, 2.24) is 19.8 Å². The molecule has 0 N–H and O–H groups in total. The molecule has 2 heterocycles. The molecule has 2 aliphatic rings. The maximum absolute atomic E-state index is 13.6. The van der Waals surface area contributed by atoms with Gasteiger partial charge in [0, 0.05) is 39.2 Å². The Morgan fingerprint density at radius 1 is 0.882 bits per heavy atom. The lowest BCUT2D eigenvalue weighted by atomic mass is 10.1. The van der Waals surface area contributed by atoms with E-state index in [0.29, 0.717) is 10.3 Å². The monoisotopic (exact) mass is 505 g/mol. The van der Waals surface area contributed by atoms with Crippen LogP contribution in [-0.2, 0) is 23.9 Å². The number of anilines is 1. The highest BCUT2D eigenvalue weighted by molar-refractivity contribution is 7.16. The summed E-state index contributed by atoms with van der Waals surface area (Å²) in [5.74, 6) is 0. The predicted molar refractivity (Wildman–Crippen MR) is 140 cm³/mol. The lowest BCUT2D eigenvalue weighted by Crippen LogP contribution is -2.47. The van der Waals surface area contributed by atoms with Gasteiger partial charge in [-0.25, -0.2) is 19.7 Å². The Bertz CT molecular complexity index is 1060. The highest BCUT2D eigenvalue weighted by Crippen LogP contribution is 2.53. The van der Waals surface area contributed by atoms with Crippen LogP contribution in [-0.4, -0.2) is 59.6 Å². The fraction of sp³-hybridized carbons (Fsp3) is 0.720. The molecule has 0 saturated heterocycles. The molecule has 34 heavy (non-hydrogen) atoms. The SMILES string of the molecule is CN(C)Cc1nc(OC(=O)N(c2nc(CN(C)C)c(C3(C)CC3)s2)C(C)(C)C)sc1C1(C)CC1. The number of ether oxygens (including phenoxy) is 1. The Balaban J connectivity index is 1.64. The van der Waals surface area contributed by atoms with E-state index in [1.165, 1.54) is 33.9 Å². The van der Waals surface area contributed by atoms with E-state index in [9.17, 15) is 4.79 Å². The zero-order valence-corrected chi connectivity index (χ0v) is 23.7. The highest BCUT2D eigenvalue weighted by atomic mass is 32.1. The van der Waals surface area contributed by atoms with Gasteiger partial charge in [0.25, 0.3) is 5.19 Å². The number of thiazole rings is 2. The van der Waals surface area contributed by atoms with Gasteiger partial charge in [-0.15, -0.1) is 11.3 Å². The number of carbonyl (C=O) groups excluding carboxylic acids is 1. The topological polar surface area (TPSA) is 61.8 Å². The molecule has 2 aromatic heterocycles. The number of amides is 1. The molecule has 4 rings (SSSR count). The third kappa shape index (κ3) is 5.32. The van der Waals surface area contributed by atoms with Crippen LogP contribution < -0.4 is 9.64 Å². The van der Waals surface area contributed by atoms with E-state index in [0.717, 1.165) is 37.3 Å². The van der Waals surface area contributed by atoms with E-state index in [4.69, 9.17) is 14.7 Å². The van der Waals surface area contributed by atoms with Crippen LogP contribution in [0, 0.1) is 0 Å². The zero-order chi connectivity index (χ0) is 25.1. The van der Waals surface area contributed by atoms with Crippen LogP contribution in [0.15, 0.2) is 0 Å². The van der Waals surface area contributed by atoms with Crippen LogP contribution >= 0.6 is 22.7 Å². The van der Waals surface area contributed by atoms with Gasteiger partial charge in [0.15, 0.2) is 5.13 Å². The standard InChI is InChI=1S/C25H39N5O2S2/c1-23(2,3)30(20-26-16(14-28(6)7)18(33-20)24(4)10-11-24)22(31)32-21-27-17(15-29(8)9)19(34-21)25(5)12-13-25/h10-15H2,1-9H3. The van der Waals surface area contributed by atoms with E-state index < -0.39 is 11.6 Å². The van der Waals surface area contributed by atoms with Crippen LogP contribution in [0.4, 0.5) is 9.93 Å². The van der Waals surface area contributed by atoms with Gasteiger partial charge in [-0.05, 0) is 74.6 Å². The van der Waals surface area contributed by atoms with E-state index in [2.05, 4.69) is 37.7 Å². The van der Waals surface area contributed by atoms with Gasteiger partial charge in [-0.3, -0.25) is 0 Å². The Morgan fingerprint density at radius 3 is 1.79 bits per heavy atom. The van der Waals surface area contributed by atoms with Gasteiger partial charge in [0.2, 0.25) is 0 Å². The number of hydrogen-bond donors (Lipinski definition) is 0. The lowest BCUT2D eigenvalue weighted by molar-refractivity contribution is 0.201. The first-order chi connectivity index (χ1) is 15.7. The molecule has 7 nitrogen and oxygen atoms in total. The molecule has 0 aliphatic heterocycles. The highest BCUT2D eigenvalue weighted by Gasteiger charge is 2.45. The third-order valence-electron chi connectivity index (χ3n) is 6.61. The molecule has 0 spiro atoms. The van der Waals surface area contributed by atoms with Crippen molar-refractivity contribution in [2.45, 2.75) is 89.8 Å². The average Bonchev–Trinajstić information content (AvgIpc) is 3.52. The first-order valence-electron chi connectivity index (χ1n) is 12.0. The summed E-state index contributed by atoms with van der Waals surface area (Å²) in [4.78, 5) is 31.8. The number of carbonyl (C=O) groups is 1. The molecular weight excluding hydrogens is 466 g/mol. The van der Waals surface area contributed by atoms with Gasteiger partial charge in [-0.1, -0.05) is 25.2 Å². The van der Waals surface area contributed by atoms with Crippen molar-refractivity contribution >= 4 is 33.9 Å². The minimum Gasteiger partial charge on any atom is -0.381 e. The fourth-order valence-corrected chi connectivity index (χ4v) is 6.73. The molecular formula is C25H39N5O2S2. The summed E-state index contributed by atoms with van der Waals surface area (Å²) >= 11 is 3.16. The minimum absolute atomic E-state index is 0.169. The molecule has 0 bridgehead atoms. The third-order valence-corrected chi connectivity index (χ3v) is 9.28. The van der Waals surface area contributed by atoms with Crippen molar-refractivity contribution in [2.24, 2.45) is 0 Å². The molecule has 0 atom stereocenters. The van der Waals surface area contributed by atoms with Crippen LogP contribution in [0.3, 0.4) is 0 Å². The molecule has 188 valence electrons. The summed E-state index contributed by atoms with van der Waals surface area (Å²) in [7, 11) is 8.19. The second-order valence-electron chi connectivity index (χ2n) is 12.0. The maximum Gasteiger partial charge on any atom is 0.424 e. The summed E-state index contributed by atoms with van der Waals surface area (Å²) in [6.07, 6.45) is 4.25. The van der Waals surface area contributed by atoms with E-state index >= 15 is 0 Å². The summed E-state index contributed by atoms with van der Waals surface area (Å²) < 4.78 is 5.95. The van der Waals surface area contributed by atoms with Crippen LogP contribution in [0.5, 0.6) is 5.19 Å². The molecule has 0 aromatic carbocycles. The van der Waals surface area contributed by atoms with Crippen molar-refractivity contribution < 1.29 is 9.53 Å². The molecule has 1 amide bonds. The average molecular weight is 506 g/mol. The number of hydrogen-bond acceptors (Lipinski definition) is 8. The van der Waals surface area contributed by atoms with Gasteiger partial charge >= 0.3 is 6.09 Å². The number of nitrogens with zero attached hydrogens (tertiary/aromatic N) is 5. The smallest absolute Gasteiger partial charge is 0.381 e. The first kappa shape index (κ1) is 25.5. The Morgan fingerprint density at radius 2 is 1.35 bits per heavy atom. The van der Waals surface area contributed by atoms with Crippen molar-refractivity contribution in [3.63, 3.8) is 0 Å². The molecule has 0 radical (unpaired) electrons. The Hall–Kier alpha value is -1.55. The van der Waals surface area contributed by atoms with Crippen molar-refractivity contribution in [2.75, 3.05) is 33.1 Å². The Kier molecular flexibility index (Phi) is 6.64. The van der Waals surface area contributed by atoms with Crippen LogP contribution in [0.2, 0.25) is 0 Å². The molecule has 2 aliphatic carbocycles. The largest absolute Gasteiger partial charge is 0.424 e. The van der Waals surface area contributed by atoms with Crippen LogP contribution in [0.25, 0.3) is 0 Å². The summed E-state index contributed by atoms with van der Waals surface area (Å²) in [6.45, 7) is 12.1. The minimum atomic E-state index is -0.485. The van der Waals surface area contributed by atoms with Gasteiger partial charge < -0.3 is 14.5 Å². The fourth-order valence-electron chi connectivity index (χ4n) is 4.15. The zero-order valence-electron chi connectivity index (χ0n) is 22.1. The number of rotatable bonds is 8. The predicted octanol–water partition coefficient (Wildman–Crippen LogP) is 5.63. The van der Waals surface area contributed by atoms with Crippen LogP contribution in [0.1, 0.15) is 81.4 Å². The summed E-state index contributed by atoms with van der Waals surface area (Å²) in [5, 5.41) is 1.13. The van der Waals surface area contributed by atoms with Crippen molar-refractivity contribution in [3.8, 4) is 5.19 Å². The molecule has 2 aromatic rings. The van der Waals surface area contributed by atoms with Crippen molar-refractivity contribution in [3.05, 3.63) is 21.1 Å². The van der Waals surface area contributed by atoms with Crippen molar-refractivity contribution in [1.29, 1.82) is 0 Å². The first-order valence-corrected chi connectivity index (χ1v) is 13.7.